The highest BCUT2D eigenvalue weighted by Crippen LogP contribution is 2.35. The second kappa shape index (κ2) is 7.74. The summed E-state index contributed by atoms with van der Waals surface area (Å²) in [5, 5.41) is 3.62. The number of benzene rings is 1. The van der Waals surface area contributed by atoms with Gasteiger partial charge in [0.05, 0.1) is 19.3 Å². The molecule has 4 rings (SSSR count). The molecular weight excluding hydrogens is 326 g/mol. The average Bonchev–Trinajstić information content (AvgIpc) is 2.71. The first kappa shape index (κ1) is 17.5. The minimum absolute atomic E-state index is 0.240. The number of hydrogen-bond donors (Lipinski definition) is 2. The maximum absolute atomic E-state index is 5.89. The Labute approximate surface area is 154 Å². The zero-order chi connectivity index (χ0) is 17.9. The predicted octanol–water partition coefficient (Wildman–Crippen LogP) is 3.19. The molecule has 26 heavy (non-hydrogen) atoms. The topological polar surface area (TPSA) is 69.4 Å². The summed E-state index contributed by atoms with van der Waals surface area (Å²) in [6, 6.07) is 9.17. The third-order valence-electron chi connectivity index (χ3n) is 5.50. The summed E-state index contributed by atoms with van der Waals surface area (Å²) in [6.45, 7) is 6.09. The van der Waals surface area contributed by atoms with Gasteiger partial charge in [0.25, 0.3) is 0 Å². The van der Waals surface area contributed by atoms with E-state index in [-0.39, 0.29) is 6.04 Å². The first-order valence-corrected chi connectivity index (χ1v) is 9.47. The molecule has 0 amide bonds. The van der Waals surface area contributed by atoms with Gasteiger partial charge in [0.15, 0.2) is 0 Å². The summed E-state index contributed by atoms with van der Waals surface area (Å²) in [5.74, 6) is 1.15. The van der Waals surface area contributed by atoms with Crippen molar-refractivity contribution in [2.45, 2.75) is 31.7 Å². The number of nitrogens with two attached hydrogens (primary N) is 1. The van der Waals surface area contributed by atoms with E-state index >= 15 is 0 Å². The van der Waals surface area contributed by atoms with Crippen LogP contribution in [0.1, 0.15) is 41.5 Å². The number of rotatable bonds is 3. The summed E-state index contributed by atoms with van der Waals surface area (Å²) in [4.78, 5) is 4.33. The van der Waals surface area contributed by atoms with Crippen LogP contribution in [0.25, 0.3) is 11.1 Å². The van der Waals surface area contributed by atoms with Crippen molar-refractivity contribution in [3.05, 3.63) is 47.2 Å². The van der Waals surface area contributed by atoms with Gasteiger partial charge < -0.3 is 20.5 Å². The van der Waals surface area contributed by atoms with Gasteiger partial charge in [-0.2, -0.15) is 0 Å². The van der Waals surface area contributed by atoms with Crippen molar-refractivity contribution in [3.8, 4) is 11.1 Å². The van der Waals surface area contributed by atoms with Crippen LogP contribution in [0, 0.1) is 6.92 Å². The Morgan fingerprint density at radius 2 is 1.88 bits per heavy atom. The first-order chi connectivity index (χ1) is 12.7. The van der Waals surface area contributed by atoms with Crippen LogP contribution < -0.4 is 11.1 Å². The van der Waals surface area contributed by atoms with Gasteiger partial charge in [-0.25, -0.2) is 4.98 Å². The van der Waals surface area contributed by atoms with Gasteiger partial charge in [-0.1, -0.05) is 12.1 Å². The summed E-state index contributed by atoms with van der Waals surface area (Å²) in [5.41, 5.74) is 12.0. The Kier molecular flexibility index (Phi) is 5.20. The lowest BCUT2D eigenvalue weighted by atomic mass is 9.84. The molecule has 0 saturated carbocycles. The number of pyridine rings is 1. The van der Waals surface area contributed by atoms with Crippen LogP contribution in [-0.4, -0.2) is 38.0 Å². The van der Waals surface area contributed by atoms with Crippen molar-refractivity contribution in [1.82, 2.24) is 10.3 Å². The predicted molar refractivity (Wildman–Crippen MR) is 103 cm³/mol. The van der Waals surface area contributed by atoms with Gasteiger partial charge in [0, 0.05) is 31.5 Å². The number of ether oxygens (including phenoxy) is 2. The molecule has 138 valence electrons. The largest absolute Gasteiger partial charge is 0.383 e. The molecule has 1 atom stereocenters. The van der Waals surface area contributed by atoms with Gasteiger partial charge in [0.1, 0.15) is 5.82 Å². The lowest BCUT2D eigenvalue weighted by molar-refractivity contribution is 0.0740. The third kappa shape index (κ3) is 3.61. The Morgan fingerprint density at radius 3 is 2.62 bits per heavy atom. The third-order valence-corrected chi connectivity index (χ3v) is 5.50. The number of nitrogens with one attached hydrogen (secondary N) is 1. The van der Waals surface area contributed by atoms with E-state index in [0.717, 1.165) is 56.9 Å². The second-order valence-electron chi connectivity index (χ2n) is 7.24. The molecule has 3 N–H and O–H groups in total. The van der Waals surface area contributed by atoms with Crippen LogP contribution in [0.2, 0.25) is 0 Å². The minimum atomic E-state index is 0.240. The normalized spacial score (nSPS) is 21.7. The fourth-order valence-electron chi connectivity index (χ4n) is 3.94. The Bertz CT molecular complexity index is 766. The molecular formula is C21H27N3O2. The van der Waals surface area contributed by atoms with Gasteiger partial charge in [-0.15, -0.1) is 0 Å². The molecule has 2 saturated heterocycles. The molecule has 1 aromatic carbocycles. The van der Waals surface area contributed by atoms with E-state index in [1.807, 2.05) is 13.1 Å². The van der Waals surface area contributed by atoms with Crippen LogP contribution in [0.15, 0.2) is 30.5 Å². The molecule has 0 bridgehead atoms. The van der Waals surface area contributed by atoms with Crippen LogP contribution in [-0.2, 0) is 9.47 Å². The lowest BCUT2D eigenvalue weighted by Gasteiger charge is -2.31. The lowest BCUT2D eigenvalue weighted by Crippen LogP contribution is -2.35. The molecule has 0 aliphatic carbocycles. The molecule has 0 radical (unpaired) electrons. The van der Waals surface area contributed by atoms with Crippen molar-refractivity contribution in [1.29, 1.82) is 0 Å². The van der Waals surface area contributed by atoms with Crippen molar-refractivity contribution >= 4 is 5.82 Å². The fraction of sp³-hybridized carbons (Fsp3) is 0.476. The van der Waals surface area contributed by atoms with E-state index in [4.69, 9.17) is 15.2 Å². The highest BCUT2D eigenvalue weighted by Gasteiger charge is 2.25. The van der Waals surface area contributed by atoms with Crippen molar-refractivity contribution in [3.63, 3.8) is 0 Å². The van der Waals surface area contributed by atoms with Gasteiger partial charge in [-0.05, 0) is 60.1 Å². The number of morpholine rings is 1. The zero-order valence-corrected chi connectivity index (χ0v) is 15.3. The molecule has 2 aliphatic rings. The maximum Gasteiger partial charge on any atom is 0.126 e. The Morgan fingerprint density at radius 1 is 1.04 bits per heavy atom. The summed E-state index contributed by atoms with van der Waals surface area (Å²) >= 11 is 0. The SMILES string of the molecule is Cc1cc(-c2ccc(C3CCOCC3)c([C@@H]3COCCN3)c2)cnc1N. The molecule has 0 spiro atoms. The Balaban J connectivity index is 1.73. The standard InChI is InChI=1S/C21H27N3O2/c1-14-10-17(12-24-21(14)22)16-2-3-18(15-4-7-25-8-5-15)19(11-16)20-13-26-9-6-23-20/h2-3,10-12,15,20,23H,4-9,13H2,1H3,(H2,22,24)/t20-/m0/s1. The molecule has 2 aliphatic heterocycles. The maximum atomic E-state index is 5.89. The van der Waals surface area contributed by atoms with E-state index in [2.05, 4.69) is 34.6 Å². The molecule has 5 nitrogen and oxygen atoms in total. The Hall–Kier alpha value is -1.95. The van der Waals surface area contributed by atoms with Crippen LogP contribution in [0.4, 0.5) is 5.82 Å². The summed E-state index contributed by atoms with van der Waals surface area (Å²) in [7, 11) is 0. The molecule has 2 fully saturated rings. The number of aromatic nitrogens is 1. The smallest absolute Gasteiger partial charge is 0.126 e. The number of anilines is 1. The van der Waals surface area contributed by atoms with Gasteiger partial charge in [-0.3, -0.25) is 0 Å². The van der Waals surface area contributed by atoms with Crippen LogP contribution in [0.5, 0.6) is 0 Å². The van der Waals surface area contributed by atoms with E-state index in [0.29, 0.717) is 11.7 Å². The van der Waals surface area contributed by atoms with E-state index < -0.39 is 0 Å². The number of nitrogen functional groups attached to an aromatic ring is 1. The first-order valence-electron chi connectivity index (χ1n) is 9.47. The van der Waals surface area contributed by atoms with Crippen molar-refractivity contribution < 1.29 is 9.47 Å². The molecule has 0 unspecified atom stereocenters. The van der Waals surface area contributed by atoms with E-state index in [9.17, 15) is 0 Å². The minimum Gasteiger partial charge on any atom is -0.383 e. The monoisotopic (exact) mass is 353 g/mol. The summed E-state index contributed by atoms with van der Waals surface area (Å²) < 4.78 is 11.3. The van der Waals surface area contributed by atoms with Crippen LogP contribution >= 0.6 is 0 Å². The zero-order valence-electron chi connectivity index (χ0n) is 15.3. The average molecular weight is 353 g/mol. The molecule has 5 heteroatoms. The number of aryl methyl sites for hydroxylation is 1. The molecule has 3 heterocycles. The van der Waals surface area contributed by atoms with E-state index in [1.165, 1.54) is 16.7 Å². The van der Waals surface area contributed by atoms with Gasteiger partial charge in [0.2, 0.25) is 0 Å². The van der Waals surface area contributed by atoms with E-state index in [1.54, 1.807) is 0 Å². The molecule has 1 aromatic heterocycles. The highest BCUT2D eigenvalue weighted by atomic mass is 16.5. The number of hydrogen-bond acceptors (Lipinski definition) is 5. The molecule has 2 aromatic rings. The van der Waals surface area contributed by atoms with Gasteiger partial charge >= 0.3 is 0 Å². The fourth-order valence-corrected chi connectivity index (χ4v) is 3.94. The van der Waals surface area contributed by atoms with Crippen molar-refractivity contribution in [2.24, 2.45) is 0 Å². The quantitative estimate of drug-likeness (QED) is 0.887. The van der Waals surface area contributed by atoms with Crippen LogP contribution in [0.3, 0.4) is 0 Å². The second-order valence-corrected chi connectivity index (χ2v) is 7.24. The number of nitrogens with zero attached hydrogens (tertiary/aromatic N) is 1. The highest BCUT2D eigenvalue weighted by molar-refractivity contribution is 5.67. The summed E-state index contributed by atoms with van der Waals surface area (Å²) in [6.07, 6.45) is 4.03. The van der Waals surface area contributed by atoms with Crippen molar-refractivity contribution in [2.75, 3.05) is 38.7 Å².